The van der Waals surface area contributed by atoms with Crippen molar-refractivity contribution in [3.8, 4) is 33.4 Å². The van der Waals surface area contributed by atoms with Gasteiger partial charge in [0.05, 0.1) is 0 Å². The number of benzene rings is 6. The maximum atomic E-state index is 13.6. The van der Waals surface area contributed by atoms with Gasteiger partial charge in [0, 0.05) is 0 Å². The number of fused-ring (bicyclic) bond motifs is 3. The van der Waals surface area contributed by atoms with Crippen LogP contribution in [0.3, 0.4) is 0 Å². The Labute approximate surface area is 431 Å². The van der Waals surface area contributed by atoms with Crippen LogP contribution in [0.4, 0.5) is 26.3 Å². The fourth-order valence-electron chi connectivity index (χ4n) is 10.2. The van der Waals surface area contributed by atoms with Crippen LogP contribution in [0.5, 0.6) is 0 Å². The zero-order valence-corrected chi connectivity index (χ0v) is 46.1. The van der Waals surface area contributed by atoms with Crippen molar-refractivity contribution in [2.24, 2.45) is 0 Å². The second-order valence-electron chi connectivity index (χ2n) is 22.8. The Morgan fingerprint density at radius 1 is 0.457 bits per heavy atom. The van der Waals surface area contributed by atoms with Gasteiger partial charge in [-0.2, -0.15) is 0 Å². The molecule has 0 amide bonds. The average Bonchev–Trinajstić information content (AvgIpc) is 3.91. The molecule has 0 spiro atoms. The monoisotopic (exact) mass is 1070 g/mol. The average molecular weight is 1070 g/mol. The molecule has 0 nitrogen and oxygen atoms in total. The quantitative estimate of drug-likeness (QED) is 0.146. The first kappa shape index (κ1) is 55.0. The fraction of sp³-hybridized carbons (Fsp3) is 0.328. The molecule has 0 heterocycles. The van der Waals surface area contributed by atoms with Crippen molar-refractivity contribution in [1.82, 2.24) is 0 Å². The second-order valence-corrected chi connectivity index (χ2v) is 28.7. The van der Waals surface area contributed by atoms with Crippen LogP contribution in [0, 0.1) is 0 Å². The van der Waals surface area contributed by atoms with E-state index in [0.717, 1.165) is 59.4 Å². The zero-order chi connectivity index (χ0) is 49.5. The van der Waals surface area contributed by atoms with Gasteiger partial charge in [0.15, 0.2) is 0 Å². The minimum Gasteiger partial charge on any atom is -1.00 e. The van der Waals surface area contributed by atoms with Crippen molar-refractivity contribution in [1.29, 1.82) is 0 Å². The SMILES string of the molecule is CC(C)(C)c1cc2c(cc1C(C)(C)C)-c1cc(C(C)(C)C)c(C(C)(C)C)[c]([Zr+2]([C]3=CC=CC3)=[C](c3ccc(-c4ccc(C(F)(F)F)cc4)cc3)c3ccc(-c4ccc(C(F)(F)F)cc4)cc3)c1C2.[Cl-].[Cl-]. The summed E-state index contributed by atoms with van der Waals surface area (Å²) >= 11 is -3.42. The van der Waals surface area contributed by atoms with Gasteiger partial charge in [-0.3, -0.25) is 0 Å². The second kappa shape index (κ2) is 19.6. The predicted molar refractivity (Wildman–Crippen MR) is 268 cm³/mol. The van der Waals surface area contributed by atoms with Crippen molar-refractivity contribution < 1.29 is 72.4 Å². The van der Waals surface area contributed by atoms with E-state index in [1.165, 1.54) is 78.5 Å². The third-order valence-corrected chi connectivity index (χ3v) is 21.3. The first-order valence-electron chi connectivity index (χ1n) is 23.6. The molecule has 6 aromatic rings. The summed E-state index contributed by atoms with van der Waals surface area (Å²) in [6.07, 6.45) is -0.402. The molecule has 0 atom stereocenters. The maximum absolute atomic E-state index is 13.6. The van der Waals surface area contributed by atoms with Crippen LogP contribution in [0.25, 0.3) is 33.4 Å². The van der Waals surface area contributed by atoms with E-state index in [-0.39, 0.29) is 46.5 Å². The first-order chi connectivity index (χ1) is 31.5. The van der Waals surface area contributed by atoms with E-state index < -0.39 is 44.7 Å². The van der Waals surface area contributed by atoms with Crippen LogP contribution in [-0.4, -0.2) is 3.21 Å². The van der Waals surface area contributed by atoms with E-state index in [0.29, 0.717) is 11.1 Å². The molecular weight excluding hydrogens is 1010 g/mol. The molecule has 0 aromatic heterocycles. The molecule has 0 bridgehead atoms. The molecule has 0 N–H and O–H groups in total. The fourth-order valence-corrected chi connectivity index (χ4v) is 19.2. The smallest absolute Gasteiger partial charge is 1.00 e. The van der Waals surface area contributed by atoms with E-state index >= 15 is 0 Å². The maximum Gasteiger partial charge on any atom is -1.00 e. The summed E-state index contributed by atoms with van der Waals surface area (Å²) < 4.78 is 85.7. The summed E-state index contributed by atoms with van der Waals surface area (Å²) in [5.41, 5.74) is 14.1. The van der Waals surface area contributed by atoms with Crippen LogP contribution in [0.15, 0.2) is 137 Å². The minimum atomic E-state index is -4.43. The Kier molecular flexibility index (Phi) is 15.4. The molecular formula is C61H62Cl2F6Zr. The number of hydrogen-bond donors (Lipinski definition) is 0. The van der Waals surface area contributed by atoms with Gasteiger partial charge < -0.3 is 24.8 Å². The molecule has 0 unspecified atom stereocenters. The molecule has 0 fully saturated rings. The van der Waals surface area contributed by atoms with E-state index in [1.54, 1.807) is 0 Å². The minimum absolute atomic E-state index is 0. The van der Waals surface area contributed by atoms with E-state index in [1.807, 2.05) is 24.3 Å². The molecule has 6 aromatic carbocycles. The first-order valence-corrected chi connectivity index (χ1v) is 27.3. The molecule has 366 valence electrons. The van der Waals surface area contributed by atoms with Gasteiger partial charge in [-0.05, 0) is 0 Å². The molecule has 2 aliphatic rings. The number of halogens is 8. The summed E-state index contributed by atoms with van der Waals surface area (Å²) in [7, 11) is 0. The molecule has 0 aliphatic heterocycles. The van der Waals surface area contributed by atoms with Crippen molar-refractivity contribution in [2.45, 2.75) is 130 Å². The van der Waals surface area contributed by atoms with Crippen molar-refractivity contribution in [3.63, 3.8) is 0 Å². The van der Waals surface area contributed by atoms with Gasteiger partial charge in [-0.15, -0.1) is 0 Å². The normalized spacial score (nSPS) is 13.7. The van der Waals surface area contributed by atoms with Crippen LogP contribution in [-0.2, 0) is 61.7 Å². The molecule has 8 rings (SSSR count). The Morgan fingerprint density at radius 3 is 1.20 bits per heavy atom. The van der Waals surface area contributed by atoms with E-state index in [9.17, 15) is 26.3 Å². The molecule has 70 heavy (non-hydrogen) atoms. The van der Waals surface area contributed by atoms with Crippen molar-refractivity contribution >= 4 is 6.48 Å². The van der Waals surface area contributed by atoms with E-state index in [4.69, 9.17) is 0 Å². The summed E-state index contributed by atoms with van der Waals surface area (Å²) in [6, 6.07) is 34.8. The Balaban J connectivity index is 0.00000402. The van der Waals surface area contributed by atoms with E-state index in [2.05, 4.69) is 144 Å². The van der Waals surface area contributed by atoms with Gasteiger partial charge in [0.2, 0.25) is 0 Å². The van der Waals surface area contributed by atoms with Crippen molar-refractivity contribution in [3.05, 3.63) is 192 Å². The van der Waals surface area contributed by atoms with Gasteiger partial charge in [-0.25, -0.2) is 0 Å². The molecule has 9 heteroatoms. The number of hydrogen-bond acceptors (Lipinski definition) is 0. The third-order valence-electron chi connectivity index (χ3n) is 13.5. The predicted octanol–water partition coefficient (Wildman–Crippen LogP) is 11.2. The van der Waals surface area contributed by atoms with Gasteiger partial charge >= 0.3 is 410 Å². The van der Waals surface area contributed by atoms with Crippen molar-refractivity contribution in [2.75, 3.05) is 0 Å². The molecule has 2 aliphatic carbocycles. The summed E-state index contributed by atoms with van der Waals surface area (Å²) in [5, 5.41) is 0. The van der Waals surface area contributed by atoms with Gasteiger partial charge in [0.25, 0.3) is 0 Å². The molecule has 0 radical (unpaired) electrons. The summed E-state index contributed by atoms with van der Waals surface area (Å²) in [6.45, 7) is 27.9. The Morgan fingerprint density at radius 2 is 0.843 bits per heavy atom. The van der Waals surface area contributed by atoms with Gasteiger partial charge in [-0.1, -0.05) is 0 Å². The molecule has 0 saturated heterocycles. The van der Waals surface area contributed by atoms with Crippen LogP contribution >= 0.6 is 0 Å². The van der Waals surface area contributed by atoms with Gasteiger partial charge in [0.1, 0.15) is 0 Å². The molecule has 0 saturated carbocycles. The summed E-state index contributed by atoms with van der Waals surface area (Å²) in [5.74, 6) is 0. The Hall–Kier alpha value is -4.29. The topological polar surface area (TPSA) is 0 Å². The standard InChI is InChI=1S/C29H41.C27H16F6.C5H5.2ClH.Zr/c1-26(2,3)22-14-18-13-19-15-23(27(4,5)6)25(29(10,11)12)17-21(19)20(18)16-24(22)28(7,8)9;28-26(29,30)24-13-9-22(10-14-24)20-5-1-18(2-6-20)17-19-3-7-21(8-4-19)23-11-15-25(16-12-23)27(31,32)33;1-2-4-5-3-1;;;/h14,16-17H,13H2,1-12H3;1-16H;1-3H,4H2;2*1H;/q;;;;;+2/p-2. The number of allylic oxidation sites excluding steroid dienone is 4. The Bertz CT molecular complexity index is 2890. The summed E-state index contributed by atoms with van der Waals surface area (Å²) in [4.78, 5) is 0. The largest absolute Gasteiger partial charge is 1.00 e. The van der Waals surface area contributed by atoms with Crippen LogP contribution < -0.4 is 28.1 Å². The van der Waals surface area contributed by atoms with Crippen LogP contribution in [0.2, 0.25) is 0 Å². The number of alkyl halides is 6. The zero-order valence-electron chi connectivity index (χ0n) is 42.1. The third kappa shape index (κ3) is 11.0. The van der Waals surface area contributed by atoms with Crippen LogP contribution in [0.1, 0.15) is 145 Å². The number of rotatable bonds is 6.